The van der Waals surface area contributed by atoms with Gasteiger partial charge in [0, 0.05) is 20.8 Å². The molecule has 38 heavy (non-hydrogen) atoms. The molecule has 3 N–H and O–H groups in total. The maximum Gasteiger partial charge on any atom is 0.320 e. The Bertz CT molecular complexity index is 1040. The molecule has 2 aromatic heterocycles. The smallest absolute Gasteiger partial charge is 0.320 e. The lowest BCUT2D eigenvalue weighted by Gasteiger charge is -2.15. The standard InChI is InChI=1S/C24H38N5O3P.C3H6.CH4O/c1-8-18(5)33-15-19(9-2)13-16(3)12-17(4)14-29-22-20(26-24(29)31-7)21(25)27-23(28-22)32-11-10-30-6;1-3-2;1-2/h8-9,12,16,18,33H,1,10-11,13-15H2,2-7H3,(H2,25,27,28);3H,1H2,2H3;2H,1H3/b17-12+,19-9+;;. The van der Waals surface area contributed by atoms with E-state index in [9.17, 15) is 0 Å². The van der Waals surface area contributed by atoms with Crippen molar-refractivity contribution in [2.24, 2.45) is 5.92 Å². The predicted molar refractivity (Wildman–Crippen MR) is 162 cm³/mol. The number of ether oxygens (including phenoxy) is 3. The van der Waals surface area contributed by atoms with E-state index in [4.69, 9.17) is 25.1 Å². The van der Waals surface area contributed by atoms with Crippen LogP contribution >= 0.6 is 8.58 Å². The molecule has 0 aliphatic carbocycles. The molecule has 214 valence electrons. The Morgan fingerprint density at radius 2 is 1.79 bits per heavy atom. The first-order valence-electron chi connectivity index (χ1n) is 12.6. The van der Waals surface area contributed by atoms with Gasteiger partial charge in [0.1, 0.15) is 6.61 Å². The minimum atomic E-state index is 0.197. The molecule has 2 heterocycles. The van der Waals surface area contributed by atoms with Crippen LogP contribution < -0.4 is 15.2 Å². The molecular formula is C28H48N5O4P. The zero-order valence-corrected chi connectivity index (χ0v) is 25.5. The molecule has 2 aromatic rings. The minimum Gasteiger partial charge on any atom is -0.468 e. The zero-order valence-electron chi connectivity index (χ0n) is 24.5. The molecule has 3 atom stereocenters. The molecule has 0 saturated carbocycles. The van der Waals surface area contributed by atoms with E-state index in [1.54, 1.807) is 20.3 Å². The molecule has 0 bridgehead atoms. The molecule has 0 aromatic carbocycles. The lowest BCUT2D eigenvalue weighted by molar-refractivity contribution is 0.141. The SMILES string of the molecule is C=CC.C=CC(C)PC/C(=C/C)CC(C)/C=C(\C)Cn1c(OC)nc2c(N)nc(OCCOC)nc21.CO. The highest BCUT2D eigenvalue weighted by Crippen LogP contribution is 2.28. The second-order valence-electron chi connectivity index (χ2n) is 8.54. The van der Waals surface area contributed by atoms with Crippen molar-refractivity contribution in [2.45, 2.75) is 53.2 Å². The summed E-state index contributed by atoms with van der Waals surface area (Å²) in [5.74, 6) is 0.667. The quantitative estimate of drug-likeness (QED) is 0.182. The number of aliphatic hydroxyl groups excluding tert-OH is 1. The molecule has 2 rings (SSSR count). The van der Waals surface area contributed by atoms with E-state index in [-0.39, 0.29) is 11.8 Å². The van der Waals surface area contributed by atoms with E-state index >= 15 is 0 Å². The van der Waals surface area contributed by atoms with Crippen molar-refractivity contribution in [2.75, 3.05) is 46.4 Å². The van der Waals surface area contributed by atoms with Crippen LogP contribution in [0.15, 0.2) is 48.6 Å². The average molecular weight is 550 g/mol. The highest BCUT2D eigenvalue weighted by molar-refractivity contribution is 7.39. The van der Waals surface area contributed by atoms with Gasteiger partial charge in [0.2, 0.25) is 0 Å². The van der Waals surface area contributed by atoms with Crippen molar-refractivity contribution < 1.29 is 19.3 Å². The van der Waals surface area contributed by atoms with Gasteiger partial charge in [-0.05, 0) is 44.9 Å². The molecule has 3 unspecified atom stereocenters. The van der Waals surface area contributed by atoms with E-state index in [2.05, 4.69) is 68.0 Å². The highest BCUT2D eigenvalue weighted by Gasteiger charge is 2.18. The highest BCUT2D eigenvalue weighted by atomic mass is 31.1. The third-order valence-corrected chi connectivity index (χ3v) is 6.78. The lowest BCUT2D eigenvalue weighted by atomic mass is 9.99. The average Bonchev–Trinajstić information content (AvgIpc) is 3.25. The summed E-state index contributed by atoms with van der Waals surface area (Å²) in [5, 5.41) is 7.00. The summed E-state index contributed by atoms with van der Waals surface area (Å²) in [4.78, 5) is 13.2. The summed E-state index contributed by atoms with van der Waals surface area (Å²) in [5.41, 5.74) is 10.4. The number of nitrogen functional groups attached to an aromatic ring is 1. The van der Waals surface area contributed by atoms with E-state index in [1.165, 1.54) is 11.1 Å². The molecule has 0 amide bonds. The van der Waals surface area contributed by atoms with Gasteiger partial charge in [0.25, 0.3) is 6.01 Å². The summed E-state index contributed by atoms with van der Waals surface area (Å²) < 4.78 is 18.0. The van der Waals surface area contributed by atoms with Crippen LogP contribution in [0.3, 0.4) is 0 Å². The van der Waals surface area contributed by atoms with Gasteiger partial charge < -0.3 is 25.1 Å². The Balaban J connectivity index is 0.00000255. The van der Waals surface area contributed by atoms with Crippen LogP contribution in [0, 0.1) is 5.92 Å². The molecule has 9 nitrogen and oxygen atoms in total. The Hall–Kier alpha value is -2.74. The fourth-order valence-corrected chi connectivity index (χ4v) is 4.59. The zero-order chi connectivity index (χ0) is 29.1. The van der Waals surface area contributed by atoms with Crippen molar-refractivity contribution in [1.82, 2.24) is 19.5 Å². The number of anilines is 1. The Kier molecular flexibility index (Phi) is 18.8. The number of imidazole rings is 1. The summed E-state index contributed by atoms with van der Waals surface area (Å²) in [7, 11) is 5.07. The first-order valence-corrected chi connectivity index (χ1v) is 13.9. The maximum absolute atomic E-state index is 7.00. The monoisotopic (exact) mass is 549 g/mol. The number of allylic oxidation sites excluding steroid dienone is 6. The number of hydrogen-bond donors (Lipinski definition) is 2. The van der Waals surface area contributed by atoms with Crippen LogP contribution in [0.4, 0.5) is 5.82 Å². The van der Waals surface area contributed by atoms with Crippen molar-refractivity contribution in [3.63, 3.8) is 0 Å². The van der Waals surface area contributed by atoms with Gasteiger partial charge in [-0.25, -0.2) is 0 Å². The van der Waals surface area contributed by atoms with Crippen LogP contribution in [0.1, 0.15) is 41.0 Å². The molecule has 0 aliphatic rings. The van der Waals surface area contributed by atoms with Crippen molar-refractivity contribution in [1.29, 1.82) is 0 Å². The lowest BCUT2D eigenvalue weighted by Crippen LogP contribution is -2.09. The first kappa shape index (κ1) is 35.3. The minimum absolute atomic E-state index is 0.197. The van der Waals surface area contributed by atoms with Gasteiger partial charge in [-0.2, -0.15) is 15.0 Å². The number of fused-ring (bicyclic) bond motifs is 1. The molecular weight excluding hydrogens is 501 g/mol. The van der Waals surface area contributed by atoms with Crippen molar-refractivity contribution in [3.8, 4) is 12.0 Å². The van der Waals surface area contributed by atoms with Crippen LogP contribution in [0.5, 0.6) is 12.0 Å². The largest absolute Gasteiger partial charge is 0.468 e. The molecule has 0 fully saturated rings. The Labute approximate surface area is 230 Å². The third-order valence-electron chi connectivity index (χ3n) is 5.24. The number of nitrogens with zero attached hydrogens (tertiary/aromatic N) is 4. The van der Waals surface area contributed by atoms with Crippen LogP contribution in [-0.2, 0) is 11.3 Å². The summed E-state index contributed by atoms with van der Waals surface area (Å²) >= 11 is 0. The fourth-order valence-electron chi connectivity index (χ4n) is 3.49. The van der Waals surface area contributed by atoms with Gasteiger partial charge in [0.15, 0.2) is 17.0 Å². The number of hydrogen-bond acceptors (Lipinski definition) is 8. The number of nitrogens with two attached hydrogens (primary N) is 1. The normalized spacial score (nSPS) is 13.3. The van der Waals surface area contributed by atoms with E-state index in [1.807, 2.05) is 17.6 Å². The van der Waals surface area contributed by atoms with Crippen molar-refractivity contribution in [3.05, 3.63) is 48.6 Å². The van der Waals surface area contributed by atoms with Gasteiger partial charge in [-0.1, -0.05) is 49.3 Å². The van der Waals surface area contributed by atoms with Crippen LogP contribution in [0.25, 0.3) is 11.2 Å². The van der Waals surface area contributed by atoms with Crippen molar-refractivity contribution >= 4 is 25.6 Å². The Morgan fingerprint density at radius 3 is 2.34 bits per heavy atom. The van der Waals surface area contributed by atoms with Crippen LogP contribution in [0.2, 0.25) is 0 Å². The van der Waals surface area contributed by atoms with Gasteiger partial charge in [0.05, 0.1) is 13.7 Å². The van der Waals surface area contributed by atoms with Gasteiger partial charge in [-0.15, -0.1) is 21.7 Å². The molecule has 10 heteroatoms. The summed E-state index contributed by atoms with van der Waals surface area (Å²) in [6.45, 7) is 19.2. The molecule has 0 saturated heterocycles. The van der Waals surface area contributed by atoms with E-state index in [0.29, 0.717) is 48.5 Å². The van der Waals surface area contributed by atoms with E-state index < -0.39 is 0 Å². The van der Waals surface area contributed by atoms with Gasteiger partial charge >= 0.3 is 6.01 Å². The molecule has 0 radical (unpaired) electrons. The fraction of sp³-hybridized carbons (Fsp3) is 0.536. The second kappa shape index (κ2) is 20.3. The molecule has 0 spiro atoms. The number of rotatable bonds is 14. The number of aromatic nitrogens is 4. The van der Waals surface area contributed by atoms with Gasteiger partial charge in [-0.3, -0.25) is 4.57 Å². The summed E-state index contributed by atoms with van der Waals surface area (Å²) in [6.07, 6.45) is 10.5. The summed E-state index contributed by atoms with van der Waals surface area (Å²) in [6, 6.07) is 0.636. The second-order valence-corrected chi connectivity index (χ2v) is 10.2. The maximum atomic E-state index is 7.00. The first-order chi connectivity index (χ1) is 18.2. The Morgan fingerprint density at radius 1 is 1.13 bits per heavy atom. The topological polar surface area (TPSA) is 118 Å². The number of methoxy groups -OCH3 is 2. The third kappa shape index (κ3) is 12.2. The number of aliphatic hydroxyl groups is 1. The van der Waals surface area contributed by atoms with E-state index in [0.717, 1.165) is 28.3 Å². The van der Waals surface area contributed by atoms with Crippen LogP contribution in [-0.4, -0.2) is 71.0 Å². The molecule has 0 aliphatic heterocycles. The predicted octanol–water partition coefficient (Wildman–Crippen LogP) is 5.41.